The normalized spacial score (nSPS) is 29.4. The highest BCUT2D eigenvalue weighted by Crippen LogP contribution is 2.33. The van der Waals surface area contributed by atoms with E-state index in [2.05, 4.69) is 19.2 Å². The number of amides is 1. The number of allylic oxidation sites excluding steroid dienone is 1. The fraction of sp³-hybridized carbons (Fsp3) is 0.953. The van der Waals surface area contributed by atoms with Crippen LogP contribution in [-0.4, -0.2) is 193 Å². The van der Waals surface area contributed by atoms with Crippen LogP contribution in [-0.2, 0) is 33.2 Å². The van der Waals surface area contributed by atoms with Gasteiger partial charge in [-0.05, 0) is 19.3 Å². The van der Waals surface area contributed by atoms with Crippen LogP contribution in [0.4, 0.5) is 0 Å². The Bertz CT molecular complexity index is 1560. The smallest absolute Gasteiger partial charge is 0.220 e. The Balaban J connectivity index is 1.47. The van der Waals surface area contributed by atoms with E-state index >= 15 is 0 Å². The Morgan fingerprint density at radius 3 is 1.13 bits per heavy atom. The number of rotatable bonds is 51. The maximum absolute atomic E-state index is 13.4. The Kier molecular flexibility index (Phi) is 43.4. The molecule has 0 bridgehead atoms. The van der Waals surface area contributed by atoms with Crippen LogP contribution in [0.5, 0.6) is 0 Å². The van der Waals surface area contributed by atoms with Crippen LogP contribution >= 0.6 is 0 Å². The molecule has 0 aromatic heterocycles. The summed E-state index contributed by atoms with van der Waals surface area (Å²) in [6, 6.07) is -0.968. The summed E-state index contributed by atoms with van der Waals surface area (Å²) in [6.07, 6.45) is 23.2. The summed E-state index contributed by atoms with van der Waals surface area (Å²) in [5, 5.41) is 120. The number of carbonyl (C=O) groups is 1. The first-order valence-electron chi connectivity index (χ1n) is 33.4. The van der Waals surface area contributed by atoms with Crippen molar-refractivity contribution < 1.29 is 89.4 Å². The largest absolute Gasteiger partial charge is 0.394 e. The van der Waals surface area contributed by atoms with E-state index in [0.717, 1.165) is 44.9 Å². The van der Waals surface area contributed by atoms with Gasteiger partial charge in [0.25, 0.3) is 0 Å². The number of carbonyl (C=O) groups excluding carboxylic acids is 1. The van der Waals surface area contributed by atoms with E-state index in [0.29, 0.717) is 6.42 Å². The molecule has 3 fully saturated rings. The third-order valence-corrected chi connectivity index (χ3v) is 17.1. The van der Waals surface area contributed by atoms with E-state index in [-0.39, 0.29) is 18.9 Å². The van der Waals surface area contributed by atoms with Crippen molar-refractivity contribution in [2.24, 2.45) is 0 Å². The minimum Gasteiger partial charge on any atom is -0.394 e. The highest BCUT2D eigenvalue weighted by Gasteiger charge is 2.53. The molecule has 0 spiro atoms. The van der Waals surface area contributed by atoms with Crippen LogP contribution in [0.1, 0.15) is 258 Å². The molecule has 17 atom stereocenters. The molecule has 0 saturated carbocycles. The molecule has 3 saturated heterocycles. The van der Waals surface area contributed by atoms with Crippen LogP contribution in [0.3, 0.4) is 0 Å². The van der Waals surface area contributed by atoms with Crippen molar-refractivity contribution in [2.45, 2.75) is 362 Å². The van der Waals surface area contributed by atoms with E-state index in [4.69, 9.17) is 28.4 Å². The van der Waals surface area contributed by atoms with Crippen molar-refractivity contribution in [2.75, 3.05) is 26.4 Å². The van der Waals surface area contributed by atoms with Crippen molar-refractivity contribution >= 4 is 5.91 Å². The number of nitrogens with one attached hydrogen (secondary N) is 1. The number of aliphatic hydroxyl groups excluding tert-OH is 11. The zero-order valence-electron chi connectivity index (χ0n) is 51.4. The number of ether oxygens (including phenoxy) is 6. The minimum absolute atomic E-state index is 0.249. The van der Waals surface area contributed by atoms with Gasteiger partial charge in [-0.15, -0.1) is 0 Å². The highest BCUT2D eigenvalue weighted by atomic mass is 16.8. The molecule has 0 aromatic carbocycles. The standard InChI is InChI=1S/C64H121NO18/c1-3-5-7-9-11-13-15-17-19-21-23-25-27-29-31-33-35-37-39-41-48(69)47(65-52(70)42-40-38-36-34-32-30-28-26-24-22-20-18-16-14-12-10-8-6-4-2)46-78-62-58(76)55(73)60(50(44-67)80-62)83-64-59(77)56(74)61(51(45-68)81-64)82-63-57(75)54(72)53(71)49(43-66)79-63/h39,41,47-51,53-64,66-69,71-77H,3-38,40,42-46H2,1-2H3,(H,65,70)/b41-39+. The lowest BCUT2D eigenvalue weighted by molar-refractivity contribution is -0.379. The molecule has 19 nitrogen and oxygen atoms in total. The fourth-order valence-electron chi connectivity index (χ4n) is 11.6. The minimum atomic E-state index is -1.98. The summed E-state index contributed by atoms with van der Waals surface area (Å²) >= 11 is 0. The van der Waals surface area contributed by atoms with Gasteiger partial charge in [0.15, 0.2) is 18.9 Å². The van der Waals surface area contributed by atoms with Crippen LogP contribution < -0.4 is 5.32 Å². The summed E-state index contributed by atoms with van der Waals surface area (Å²) in [5.41, 5.74) is 0. The van der Waals surface area contributed by atoms with Crippen molar-refractivity contribution in [3.8, 4) is 0 Å². The van der Waals surface area contributed by atoms with Gasteiger partial charge >= 0.3 is 0 Å². The maximum Gasteiger partial charge on any atom is 0.220 e. The van der Waals surface area contributed by atoms with Gasteiger partial charge in [-0.1, -0.05) is 244 Å². The predicted octanol–water partition coefficient (Wildman–Crippen LogP) is 7.72. The van der Waals surface area contributed by atoms with Crippen molar-refractivity contribution in [3.63, 3.8) is 0 Å². The molecule has 3 aliphatic rings. The summed E-state index contributed by atoms with van der Waals surface area (Å²) < 4.78 is 34.3. The lowest BCUT2D eigenvalue weighted by atomic mass is 9.96. The molecule has 0 aromatic rings. The predicted molar refractivity (Wildman–Crippen MR) is 319 cm³/mol. The SMILES string of the molecule is CCCCCCCCCCCCCCCCCCC/C=C/C(O)C(COC1OC(CO)C(OC2OC(CO)C(OC3OC(CO)C(O)C(O)C3O)C(O)C2O)C(O)C1O)NC(=O)CCCCCCCCCCCCCCCCCCCCC. The van der Waals surface area contributed by atoms with Gasteiger partial charge in [0, 0.05) is 6.42 Å². The maximum atomic E-state index is 13.4. The second-order valence-corrected chi connectivity index (χ2v) is 24.3. The monoisotopic (exact) mass is 1190 g/mol. The molecule has 17 unspecified atom stereocenters. The molecular formula is C64H121NO18. The average molecular weight is 1190 g/mol. The van der Waals surface area contributed by atoms with Crippen LogP contribution in [0.15, 0.2) is 12.2 Å². The Hall–Kier alpha value is -1.47. The van der Waals surface area contributed by atoms with E-state index in [9.17, 15) is 61.0 Å². The highest BCUT2D eigenvalue weighted by molar-refractivity contribution is 5.76. The topological polar surface area (TPSA) is 307 Å². The van der Waals surface area contributed by atoms with E-state index in [1.54, 1.807) is 6.08 Å². The third kappa shape index (κ3) is 30.5. The Morgan fingerprint density at radius 2 is 0.747 bits per heavy atom. The number of aliphatic hydroxyl groups is 11. The van der Waals surface area contributed by atoms with Crippen molar-refractivity contribution in [1.82, 2.24) is 5.32 Å². The first-order chi connectivity index (χ1) is 40.3. The quantitative estimate of drug-likeness (QED) is 0.0205. The lowest BCUT2D eigenvalue weighted by Crippen LogP contribution is -2.66. The van der Waals surface area contributed by atoms with Gasteiger partial charge in [0.05, 0.1) is 38.6 Å². The second kappa shape index (κ2) is 47.5. The zero-order valence-corrected chi connectivity index (χ0v) is 51.4. The van der Waals surface area contributed by atoms with Gasteiger partial charge in [0.1, 0.15) is 73.2 Å². The summed E-state index contributed by atoms with van der Waals surface area (Å²) in [7, 11) is 0. The Labute approximate surface area is 499 Å². The zero-order chi connectivity index (χ0) is 60.5. The lowest BCUT2D eigenvalue weighted by Gasteiger charge is -2.48. The van der Waals surface area contributed by atoms with Crippen LogP contribution in [0, 0.1) is 0 Å². The van der Waals surface area contributed by atoms with Gasteiger partial charge in [-0.2, -0.15) is 0 Å². The van der Waals surface area contributed by atoms with E-state index in [1.165, 1.54) is 186 Å². The molecule has 19 heteroatoms. The Morgan fingerprint density at radius 1 is 0.422 bits per heavy atom. The van der Waals surface area contributed by atoms with Crippen molar-refractivity contribution in [3.05, 3.63) is 12.2 Å². The number of unbranched alkanes of at least 4 members (excludes halogenated alkanes) is 35. The molecule has 0 aliphatic carbocycles. The molecule has 12 N–H and O–H groups in total. The molecule has 3 rings (SSSR count). The molecule has 83 heavy (non-hydrogen) atoms. The van der Waals surface area contributed by atoms with E-state index in [1.807, 2.05) is 6.08 Å². The van der Waals surface area contributed by atoms with Gasteiger partial charge in [0.2, 0.25) is 5.91 Å². The molecule has 3 aliphatic heterocycles. The summed E-state index contributed by atoms with van der Waals surface area (Å²) in [4.78, 5) is 13.4. The first kappa shape index (κ1) is 75.8. The van der Waals surface area contributed by atoms with Gasteiger partial charge < -0.3 is 89.9 Å². The van der Waals surface area contributed by atoms with E-state index < -0.39 is 124 Å². The summed E-state index contributed by atoms with van der Waals surface area (Å²) in [5.74, 6) is -0.270. The first-order valence-corrected chi connectivity index (χ1v) is 33.4. The average Bonchev–Trinajstić information content (AvgIpc) is 3.35. The fourth-order valence-corrected chi connectivity index (χ4v) is 11.6. The number of hydrogen-bond acceptors (Lipinski definition) is 18. The van der Waals surface area contributed by atoms with Gasteiger partial charge in [-0.3, -0.25) is 4.79 Å². The van der Waals surface area contributed by atoms with Crippen molar-refractivity contribution in [1.29, 1.82) is 0 Å². The molecule has 0 radical (unpaired) electrons. The second-order valence-electron chi connectivity index (χ2n) is 24.3. The third-order valence-electron chi connectivity index (χ3n) is 17.1. The molecule has 1 amide bonds. The van der Waals surface area contributed by atoms with Gasteiger partial charge in [-0.25, -0.2) is 0 Å². The van der Waals surface area contributed by atoms with Crippen LogP contribution in [0.2, 0.25) is 0 Å². The molecule has 490 valence electrons. The number of hydrogen-bond donors (Lipinski definition) is 12. The van der Waals surface area contributed by atoms with Crippen LogP contribution in [0.25, 0.3) is 0 Å². The molecular weight excluding hydrogens is 1070 g/mol. The molecule has 3 heterocycles. The summed E-state index contributed by atoms with van der Waals surface area (Å²) in [6.45, 7) is 1.76.